The molecule has 0 aromatic heterocycles. The Morgan fingerprint density at radius 3 is 2.44 bits per heavy atom. The average Bonchev–Trinajstić information content (AvgIpc) is 3.13. The standard InChI is InChI=1S/C19H25F3N4O/c1-13(2)18(3,12-23)25-17(27)11-24-15-10-14(19(20,21)22)6-7-16(15)26-8-4-5-9-26/h6-7,10,13,24H,4-5,8-9,11H2,1-3H3,(H,25,27). The van der Waals surface area contributed by atoms with Crippen LogP contribution in [-0.2, 0) is 11.0 Å². The van der Waals surface area contributed by atoms with Gasteiger partial charge in [-0.3, -0.25) is 4.79 Å². The Morgan fingerprint density at radius 2 is 1.93 bits per heavy atom. The molecule has 1 atom stereocenters. The van der Waals surface area contributed by atoms with Gasteiger partial charge in [0.05, 0.1) is 29.6 Å². The summed E-state index contributed by atoms with van der Waals surface area (Å²) in [6, 6.07) is 5.62. The number of nitrogens with zero attached hydrogens (tertiary/aromatic N) is 2. The van der Waals surface area contributed by atoms with Gasteiger partial charge in [-0.1, -0.05) is 13.8 Å². The van der Waals surface area contributed by atoms with E-state index in [0.717, 1.165) is 38.1 Å². The lowest BCUT2D eigenvalue weighted by atomic mass is 9.90. The maximum absolute atomic E-state index is 13.1. The molecule has 1 aromatic carbocycles. The van der Waals surface area contributed by atoms with Crippen LogP contribution in [0, 0.1) is 17.2 Å². The molecule has 148 valence electrons. The molecule has 1 aromatic rings. The number of carbonyl (C=O) groups excluding carboxylic acids is 1. The highest BCUT2D eigenvalue weighted by atomic mass is 19.4. The maximum Gasteiger partial charge on any atom is 0.416 e. The molecule has 1 heterocycles. The number of amides is 1. The van der Waals surface area contributed by atoms with E-state index in [9.17, 15) is 23.2 Å². The van der Waals surface area contributed by atoms with Crippen molar-refractivity contribution in [2.75, 3.05) is 29.9 Å². The molecular weight excluding hydrogens is 357 g/mol. The van der Waals surface area contributed by atoms with Gasteiger partial charge in [-0.2, -0.15) is 18.4 Å². The fourth-order valence-electron chi connectivity index (χ4n) is 2.90. The van der Waals surface area contributed by atoms with Crippen LogP contribution in [0.5, 0.6) is 0 Å². The van der Waals surface area contributed by atoms with E-state index in [4.69, 9.17) is 0 Å². The zero-order valence-electron chi connectivity index (χ0n) is 15.8. The summed E-state index contributed by atoms with van der Waals surface area (Å²) in [5.41, 5.74) is -0.882. The molecule has 5 nitrogen and oxygen atoms in total. The van der Waals surface area contributed by atoms with Crippen LogP contribution < -0.4 is 15.5 Å². The zero-order chi connectivity index (χ0) is 20.2. The molecule has 1 aliphatic rings. The molecule has 27 heavy (non-hydrogen) atoms. The van der Waals surface area contributed by atoms with Gasteiger partial charge < -0.3 is 15.5 Å². The third kappa shape index (κ3) is 5.06. The molecule has 0 spiro atoms. The summed E-state index contributed by atoms with van der Waals surface area (Å²) < 4.78 is 39.2. The van der Waals surface area contributed by atoms with Crippen molar-refractivity contribution < 1.29 is 18.0 Å². The highest BCUT2D eigenvalue weighted by molar-refractivity contribution is 5.84. The fourth-order valence-corrected chi connectivity index (χ4v) is 2.90. The van der Waals surface area contributed by atoms with E-state index in [1.807, 2.05) is 18.7 Å². The van der Waals surface area contributed by atoms with E-state index >= 15 is 0 Å². The number of hydrogen-bond donors (Lipinski definition) is 2. The lowest BCUT2D eigenvalue weighted by molar-refractivity contribution is -0.137. The molecule has 2 rings (SSSR count). The average molecular weight is 382 g/mol. The number of hydrogen-bond acceptors (Lipinski definition) is 4. The summed E-state index contributed by atoms with van der Waals surface area (Å²) in [5.74, 6) is -0.558. The first-order valence-corrected chi connectivity index (χ1v) is 8.99. The monoisotopic (exact) mass is 382 g/mol. The van der Waals surface area contributed by atoms with Gasteiger partial charge in [-0.15, -0.1) is 0 Å². The predicted molar refractivity (Wildman–Crippen MR) is 98.4 cm³/mol. The number of halogens is 3. The lowest BCUT2D eigenvalue weighted by Gasteiger charge is -2.28. The van der Waals surface area contributed by atoms with Crippen molar-refractivity contribution in [3.63, 3.8) is 0 Å². The van der Waals surface area contributed by atoms with Gasteiger partial charge in [-0.25, -0.2) is 0 Å². The Kier molecular flexibility index (Phi) is 6.24. The largest absolute Gasteiger partial charge is 0.416 e. The zero-order valence-corrected chi connectivity index (χ0v) is 15.8. The first-order chi connectivity index (χ1) is 12.6. The first kappa shape index (κ1) is 20.9. The molecule has 2 N–H and O–H groups in total. The number of anilines is 2. The number of carbonyl (C=O) groups is 1. The molecule has 0 aliphatic carbocycles. The van der Waals surface area contributed by atoms with Gasteiger partial charge in [0.2, 0.25) is 5.91 Å². The lowest BCUT2D eigenvalue weighted by Crippen LogP contribution is -2.50. The molecule has 0 bridgehead atoms. The molecule has 1 aliphatic heterocycles. The third-order valence-electron chi connectivity index (χ3n) is 5.00. The Morgan fingerprint density at radius 1 is 1.30 bits per heavy atom. The van der Waals surface area contributed by atoms with E-state index in [2.05, 4.69) is 16.7 Å². The highest BCUT2D eigenvalue weighted by Crippen LogP contribution is 2.36. The SMILES string of the molecule is CC(C)C(C)(C#N)NC(=O)CNc1cc(C(F)(F)F)ccc1N1CCCC1. The molecule has 0 radical (unpaired) electrons. The van der Waals surface area contributed by atoms with Gasteiger partial charge in [0.1, 0.15) is 5.54 Å². The summed E-state index contributed by atoms with van der Waals surface area (Å²) in [4.78, 5) is 14.3. The molecule has 8 heteroatoms. The van der Waals surface area contributed by atoms with Crippen molar-refractivity contribution in [2.24, 2.45) is 5.92 Å². The summed E-state index contributed by atoms with van der Waals surface area (Å²) in [5, 5.41) is 14.8. The molecule has 1 unspecified atom stereocenters. The van der Waals surface area contributed by atoms with E-state index < -0.39 is 23.2 Å². The molecule has 1 fully saturated rings. The maximum atomic E-state index is 13.1. The second-order valence-electron chi connectivity index (χ2n) is 7.29. The van der Waals surface area contributed by atoms with Crippen LogP contribution in [0.4, 0.5) is 24.5 Å². The van der Waals surface area contributed by atoms with Crippen LogP contribution in [0.2, 0.25) is 0 Å². The van der Waals surface area contributed by atoms with Gasteiger partial charge in [0, 0.05) is 13.1 Å². The minimum absolute atomic E-state index is 0.111. The quantitative estimate of drug-likeness (QED) is 0.786. The van der Waals surface area contributed by atoms with Crippen LogP contribution in [0.25, 0.3) is 0 Å². The van der Waals surface area contributed by atoms with Crippen molar-refractivity contribution in [1.29, 1.82) is 5.26 Å². The van der Waals surface area contributed by atoms with Crippen molar-refractivity contribution in [3.8, 4) is 6.07 Å². The smallest absolute Gasteiger partial charge is 0.374 e. The Balaban J connectivity index is 2.18. The topological polar surface area (TPSA) is 68.2 Å². The van der Waals surface area contributed by atoms with E-state index in [0.29, 0.717) is 5.69 Å². The van der Waals surface area contributed by atoms with Crippen LogP contribution in [0.1, 0.15) is 39.2 Å². The first-order valence-electron chi connectivity index (χ1n) is 8.99. The van der Waals surface area contributed by atoms with Crippen LogP contribution in [-0.4, -0.2) is 31.1 Å². The number of rotatable bonds is 6. The summed E-state index contributed by atoms with van der Waals surface area (Å²) >= 11 is 0. The Labute approximate surface area is 157 Å². The predicted octanol–water partition coefficient (Wildman–Crippen LogP) is 3.77. The number of nitrogens with one attached hydrogen (secondary N) is 2. The molecule has 1 saturated heterocycles. The molecule has 1 amide bonds. The van der Waals surface area contributed by atoms with Crippen LogP contribution in [0.3, 0.4) is 0 Å². The third-order valence-corrected chi connectivity index (χ3v) is 5.00. The Hall–Kier alpha value is -2.43. The van der Waals surface area contributed by atoms with E-state index in [1.54, 1.807) is 6.92 Å². The summed E-state index contributed by atoms with van der Waals surface area (Å²) in [6.45, 7) is 6.57. The number of alkyl halides is 3. The Bertz CT molecular complexity index is 721. The summed E-state index contributed by atoms with van der Waals surface area (Å²) in [6.07, 6.45) is -2.50. The normalized spacial score (nSPS) is 16.7. The van der Waals surface area contributed by atoms with Gasteiger partial charge in [0.25, 0.3) is 0 Å². The number of nitriles is 1. The van der Waals surface area contributed by atoms with Crippen LogP contribution >= 0.6 is 0 Å². The van der Waals surface area contributed by atoms with Crippen molar-refractivity contribution in [1.82, 2.24) is 5.32 Å². The second kappa shape index (κ2) is 8.07. The van der Waals surface area contributed by atoms with Gasteiger partial charge >= 0.3 is 6.18 Å². The van der Waals surface area contributed by atoms with Crippen molar-refractivity contribution in [2.45, 2.75) is 45.3 Å². The van der Waals surface area contributed by atoms with Gasteiger partial charge in [0.15, 0.2) is 0 Å². The van der Waals surface area contributed by atoms with Gasteiger partial charge in [-0.05, 0) is 43.9 Å². The van der Waals surface area contributed by atoms with Crippen LogP contribution in [0.15, 0.2) is 18.2 Å². The second-order valence-corrected chi connectivity index (χ2v) is 7.29. The highest BCUT2D eigenvalue weighted by Gasteiger charge is 2.32. The van der Waals surface area contributed by atoms with E-state index in [-0.39, 0.29) is 18.2 Å². The molecular formula is C19H25F3N4O. The van der Waals surface area contributed by atoms with E-state index in [1.165, 1.54) is 6.07 Å². The summed E-state index contributed by atoms with van der Waals surface area (Å²) in [7, 11) is 0. The minimum atomic E-state index is -4.46. The van der Waals surface area contributed by atoms with Crippen molar-refractivity contribution in [3.05, 3.63) is 23.8 Å². The fraction of sp³-hybridized carbons (Fsp3) is 0.579. The molecule has 0 saturated carbocycles. The minimum Gasteiger partial charge on any atom is -0.374 e. The number of benzene rings is 1. The van der Waals surface area contributed by atoms with Crippen molar-refractivity contribution >= 4 is 17.3 Å².